The summed E-state index contributed by atoms with van der Waals surface area (Å²) in [4.78, 5) is 24.8. The molecule has 0 aliphatic heterocycles. The van der Waals surface area contributed by atoms with Crippen LogP contribution in [0.5, 0.6) is 5.75 Å². The molecule has 4 aromatic rings. The Bertz CT molecular complexity index is 1250. The normalized spacial score (nSPS) is 10.9. The molecule has 1 amide bonds. The zero-order valence-corrected chi connectivity index (χ0v) is 15.0. The van der Waals surface area contributed by atoms with Crippen molar-refractivity contribution in [3.63, 3.8) is 0 Å². The van der Waals surface area contributed by atoms with E-state index in [-0.39, 0.29) is 23.8 Å². The molecule has 0 fully saturated rings. The molecule has 3 aromatic carbocycles. The fourth-order valence-corrected chi connectivity index (χ4v) is 2.97. The molecule has 0 radical (unpaired) electrons. The van der Waals surface area contributed by atoms with Gasteiger partial charge in [0.25, 0.3) is 5.91 Å². The molecule has 28 heavy (non-hydrogen) atoms. The Morgan fingerprint density at radius 1 is 1.07 bits per heavy atom. The summed E-state index contributed by atoms with van der Waals surface area (Å²) in [5.41, 5.74) is 2.15. The quantitative estimate of drug-likeness (QED) is 0.535. The molecule has 140 valence electrons. The number of amides is 1. The van der Waals surface area contributed by atoms with E-state index >= 15 is 0 Å². The average Bonchev–Trinajstić information content (AvgIpc) is 2.68. The van der Waals surface area contributed by atoms with E-state index in [1.807, 2.05) is 19.1 Å². The molecule has 0 unspecified atom stereocenters. The first kappa shape index (κ1) is 17.7. The highest BCUT2D eigenvalue weighted by atomic mass is 19.1. The summed E-state index contributed by atoms with van der Waals surface area (Å²) in [7, 11) is 0. The van der Waals surface area contributed by atoms with Crippen LogP contribution in [0.25, 0.3) is 21.9 Å². The molecule has 0 spiro atoms. The first-order valence-electron chi connectivity index (χ1n) is 8.66. The van der Waals surface area contributed by atoms with Crippen molar-refractivity contribution in [3.8, 4) is 5.75 Å². The van der Waals surface area contributed by atoms with Crippen molar-refractivity contribution in [2.75, 3.05) is 11.9 Å². The zero-order valence-electron chi connectivity index (χ0n) is 15.0. The number of para-hydroxylation sites is 1. The van der Waals surface area contributed by atoms with E-state index in [1.165, 1.54) is 24.3 Å². The number of rotatable bonds is 4. The van der Waals surface area contributed by atoms with E-state index in [0.29, 0.717) is 33.4 Å². The largest absolute Gasteiger partial charge is 0.484 e. The topological polar surface area (TPSA) is 68.5 Å². The summed E-state index contributed by atoms with van der Waals surface area (Å²) in [5.74, 6) is -0.372. The summed E-state index contributed by atoms with van der Waals surface area (Å²) in [6, 6.07) is 15.7. The van der Waals surface area contributed by atoms with Crippen molar-refractivity contribution in [2.24, 2.45) is 0 Å². The standard InChI is InChI=1S/C22H16FNO4/c1-13-3-2-4-18-21(26)17-10-7-15(11-19(17)28-22(13)18)24-20(25)12-27-16-8-5-14(23)6-9-16/h2-11H,12H2,1H3,(H,24,25). The Hall–Kier alpha value is -3.67. The summed E-state index contributed by atoms with van der Waals surface area (Å²) in [5, 5.41) is 3.67. The van der Waals surface area contributed by atoms with Crippen molar-refractivity contribution < 1.29 is 18.3 Å². The molecule has 6 heteroatoms. The van der Waals surface area contributed by atoms with Gasteiger partial charge in [0.15, 0.2) is 6.61 Å². The van der Waals surface area contributed by atoms with Crippen LogP contribution in [-0.4, -0.2) is 12.5 Å². The van der Waals surface area contributed by atoms with Crippen LogP contribution < -0.4 is 15.5 Å². The molecule has 1 heterocycles. The zero-order chi connectivity index (χ0) is 19.7. The summed E-state index contributed by atoms with van der Waals surface area (Å²) >= 11 is 0. The van der Waals surface area contributed by atoms with Crippen molar-refractivity contribution >= 4 is 33.5 Å². The van der Waals surface area contributed by atoms with Crippen LogP contribution in [-0.2, 0) is 4.79 Å². The van der Waals surface area contributed by atoms with Gasteiger partial charge in [-0.3, -0.25) is 9.59 Å². The summed E-state index contributed by atoms with van der Waals surface area (Å²) in [6.45, 7) is 1.64. The SMILES string of the molecule is Cc1cccc2c(=O)c3ccc(NC(=O)COc4ccc(F)cc4)cc3oc12. The molecule has 0 aliphatic carbocycles. The number of nitrogens with one attached hydrogen (secondary N) is 1. The summed E-state index contributed by atoms with van der Waals surface area (Å²) < 4.78 is 24.1. The maximum absolute atomic E-state index is 12.9. The Balaban J connectivity index is 1.56. The first-order valence-corrected chi connectivity index (χ1v) is 8.66. The van der Waals surface area contributed by atoms with E-state index in [4.69, 9.17) is 9.15 Å². The third-order valence-corrected chi connectivity index (χ3v) is 4.36. The lowest BCUT2D eigenvalue weighted by molar-refractivity contribution is -0.118. The Kier molecular flexibility index (Phi) is 4.53. The Labute approximate surface area is 159 Å². The van der Waals surface area contributed by atoms with Gasteiger partial charge in [-0.05, 0) is 55.0 Å². The second-order valence-electron chi connectivity index (χ2n) is 6.38. The minimum Gasteiger partial charge on any atom is -0.484 e. The van der Waals surface area contributed by atoms with E-state index < -0.39 is 0 Å². The number of halogens is 1. The van der Waals surface area contributed by atoms with Crippen molar-refractivity contribution in [1.29, 1.82) is 0 Å². The predicted octanol–water partition coefficient (Wildman–Crippen LogP) is 4.41. The van der Waals surface area contributed by atoms with Crippen LogP contribution in [0.4, 0.5) is 10.1 Å². The monoisotopic (exact) mass is 377 g/mol. The number of hydrogen-bond donors (Lipinski definition) is 1. The summed E-state index contributed by atoms with van der Waals surface area (Å²) in [6.07, 6.45) is 0. The van der Waals surface area contributed by atoms with Gasteiger partial charge in [0, 0.05) is 11.8 Å². The van der Waals surface area contributed by atoms with Gasteiger partial charge >= 0.3 is 0 Å². The number of ether oxygens (including phenoxy) is 1. The van der Waals surface area contributed by atoms with Crippen LogP contribution in [0.1, 0.15) is 5.56 Å². The molecule has 1 aromatic heterocycles. The van der Waals surface area contributed by atoms with Gasteiger partial charge in [0.2, 0.25) is 5.43 Å². The minimum absolute atomic E-state index is 0.113. The second kappa shape index (κ2) is 7.15. The van der Waals surface area contributed by atoms with Gasteiger partial charge in [-0.2, -0.15) is 0 Å². The minimum atomic E-state index is -0.386. The molecular formula is C22H16FNO4. The van der Waals surface area contributed by atoms with E-state index in [9.17, 15) is 14.0 Å². The van der Waals surface area contributed by atoms with Gasteiger partial charge < -0.3 is 14.5 Å². The third-order valence-electron chi connectivity index (χ3n) is 4.36. The van der Waals surface area contributed by atoms with Gasteiger partial charge in [-0.15, -0.1) is 0 Å². The van der Waals surface area contributed by atoms with E-state index in [1.54, 1.807) is 24.3 Å². The lowest BCUT2D eigenvalue weighted by atomic mass is 10.1. The number of carbonyl (C=O) groups is 1. The third kappa shape index (κ3) is 3.44. The first-order chi connectivity index (χ1) is 13.5. The van der Waals surface area contributed by atoms with Crippen LogP contribution >= 0.6 is 0 Å². The molecule has 0 saturated heterocycles. The highest BCUT2D eigenvalue weighted by Gasteiger charge is 2.11. The predicted molar refractivity (Wildman–Crippen MR) is 105 cm³/mol. The number of fused-ring (bicyclic) bond motifs is 2. The molecule has 0 saturated carbocycles. The van der Waals surface area contributed by atoms with Crippen LogP contribution in [0.3, 0.4) is 0 Å². The fourth-order valence-electron chi connectivity index (χ4n) is 2.97. The lowest BCUT2D eigenvalue weighted by Gasteiger charge is -2.09. The highest BCUT2D eigenvalue weighted by molar-refractivity contribution is 5.96. The second-order valence-corrected chi connectivity index (χ2v) is 6.38. The molecule has 1 N–H and O–H groups in total. The molecule has 0 bridgehead atoms. The average molecular weight is 377 g/mol. The molecular weight excluding hydrogens is 361 g/mol. The maximum Gasteiger partial charge on any atom is 0.262 e. The number of aryl methyl sites for hydroxylation is 1. The van der Waals surface area contributed by atoms with Crippen molar-refractivity contribution in [2.45, 2.75) is 6.92 Å². The van der Waals surface area contributed by atoms with Crippen LogP contribution in [0.15, 0.2) is 69.9 Å². The number of benzene rings is 3. The van der Waals surface area contributed by atoms with Crippen LogP contribution in [0.2, 0.25) is 0 Å². The van der Waals surface area contributed by atoms with Crippen molar-refractivity contribution in [1.82, 2.24) is 0 Å². The molecule has 0 aliphatic rings. The van der Waals surface area contributed by atoms with Crippen LogP contribution in [0, 0.1) is 12.7 Å². The molecule has 4 rings (SSSR count). The smallest absolute Gasteiger partial charge is 0.262 e. The number of hydrogen-bond acceptors (Lipinski definition) is 4. The Morgan fingerprint density at radius 3 is 2.64 bits per heavy atom. The fraction of sp³-hybridized carbons (Fsp3) is 0.0909. The maximum atomic E-state index is 12.9. The van der Waals surface area contributed by atoms with Gasteiger partial charge in [-0.1, -0.05) is 12.1 Å². The van der Waals surface area contributed by atoms with E-state index in [0.717, 1.165) is 5.56 Å². The lowest BCUT2D eigenvalue weighted by Crippen LogP contribution is -2.20. The Morgan fingerprint density at radius 2 is 1.86 bits per heavy atom. The molecule has 5 nitrogen and oxygen atoms in total. The van der Waals surface area contributed by atoms with Gasteiger partial charge in [0.05, 0.1) is 10.8 Å². The molecule has 0 atom stereocenters. The highest BCUT2D eigenvalue weighted by Crippen LogP contribution is 2.23. The number of anilines is 1. The van der Waals surface area contributed by atoms with Gasteiger partial charge in [0.1, 0.15) is 22.7 Å². The van der Waals surface area contributed by atoms with E-state index in [2.05, 4.69) is 5.32 Å². The number of carbonyl (C=O) groups excluding carboxylic acids is 1. The van der Waals surface area contributed by atoms with Crippen molar-refractivity contribution in [3.05, 3.63) is 82.3 Å². The van der Waals surface area contributed by atoms with Gasteiger partial charge in [-0.25, -0.2) is 4.39 Å².